The maximum Gasteiger partial charge on any atom is 0.431 e. The summed E-state index contributed by atoms with van der Waals surface area (Å²) >= 11 is 0. The van der Waals surface area contributed by atoms with E-state index in [1.807, 2.05) is 0 Å². The van der Waals surface area contributed by atoms with Crippen LogP contribution >= 0.6 is 0 Å². The highest BCUT2D eigenvalue weighted by Gasteiger charge is 2.34. The van der Waals surface area contributed by atoms with Gasteiger partial charge < -0.3 is 4.42 Å². The van der Waals surface area contributed by atoms with Crippen LogP contribution in [0.1, 0.15) is 21.9 Å². The minimum atomic E-state index is -4.56. The lowest BCUT2D eigenvalue weighted by Gasteiger charge is -2.11. The second-order valence-electron chi connectivity index (χ2n) is 4.33. The van der Waals surface area contributed by atoms with E-state index in [0.29, 0.717) is 0 Å². The number of carbonyl (C=O) groups is 1. The van der Waals surface area contributed by atoms with Crippen LogP contribution in [-0.4, -0.2) is 25.5 Å². The molecule has 3 aromatic heterocycles. The Morgan fingerprint density at radius 3 is 2.73 bits per heavy atom. The summed E-state index contributed by atoms with van der Waals surface area (Å²) in [6.45, 7) is 1.54. The fourth-order valence-corrected chi connectivity index (χ4v) is 1.93. The number of amides is 1. The first kappa shape index (κ1) is 14.0. The first-order chi connectivity index (χ1) is 10.4. The van der Waals surface area contributed by atoms with Gasteiger partial charge in [-0.15, -0.1) is 5.10 Å². The maximum absolute atomic E-state index is 12.9. The number of imidazole rings is 1. The molecule has 0 saturated heterocycles. The van der Waals surface area contributed by atoms with Crippen LogP contribution in [0.4, 0.5) is 19.2 Å². The first-order valence-corrected chi connectivity index (χ1v) is 6.01. The predicted octanol–water partition coefficient (Wildman–Crippen LogP) is 2.30. The van der Waals surface area contributed by atoms with Gasteiger partial charge in [0.05, 0.1) is 5.56 Å². The van der Waals surface area contributed by atoms with Gasteiger partial charge in [0.2, 0.25) is 5.89 Å². The molecule has 0 spiro atoms. The van der Waals surface area contributed by atoms with E-state index >= 15 is 0 Å². The van der Waals surface area contributed by atoms with Gasteiger partial charge >= 0.3 is 12.2 Å². The van der Waals surface area contributed by atoms with E-state index in [9.17, 15) is 18.0 Å². The molecule has 1 N–H and O–H groups in total. The third-order valence-electron chi connectivity index (χ3n) is 2.83. The molecule has 22 heavy (non-hydrogen) atoms. The van der Waals surface area contributed by atoms with Gasteiger partial charge in [-0.25, -0.2) is 4.98 Å². The lowest BCUT2D eigenvalue weighted by atomic mass is 10.2. The van der Waals surface area contributed by atoms with E-state index in [4.69, 9.17) is 4.42 Å². The van der Waals surface area contributed by atoms with Gasteiger partial charge in [-0.2, -0.15) is 13.2 Å². The van der Waals surface area contributed by atoms with Crippen molar-refractivity contribution in [3.63, 3.8) is 0 Å². The number of aromatic nitrogens is 4. The Morgan fingerprint density at radius 2 is 2.09 bits per heavy atom. The number of nitrogens with zero attached hydrogens (tertiary/aromatic N) is 4. The highest BCUT2D eigenvalue weighted by atomic mass is 19.4. The number of fused-ring (bicyclic) bond motifs is 1. The average molecular weight is 311 g/mol. The molecule has 0 saturated carbocycles. The van der Waals surface area contributed by atoms with Gasteiger partial charge in [0.1, 0.15) is 11.3 Å². The van der Waals surface area contributed by atoms with Gasteiger partial charge in [0.25, 0.3) is 5.91 Å². The highest BCUT2D eigenvalue weighted by Crippen LogP contribution is 2.30. The van der Waals surface area contributed by atoms with Crippen molar-refractivity contribution >= 4 is 17.6 Å². The minimum absolute atomic E-state index is 0.0474. The van der Waals surface area contributed by atoms with Crippen molar-refractivity contribution in [3.05, 3.63) is 41.7 Å². The Morgan fingerprint density at radius 1 is 1.32 bits per heavy atom. The summed E-state index contributed by atoms with van der Waals surface area (Å²) in [7, 11) is 0. The van der Waals surface area contributed by atoms with Crippen LogP contribution in [0.5, 0.6) is 0 Å². The van der Waals surface area contributed by atoms with Crippen LogP contribution in [-0.2, 0) is 6.18 Å². The van der Waals surface area contributed by atoms with Crippen molar-refractivity contribution in [2.24, 2.45) is 0 Å². The molecule has 0 unspecified atom stereocenters. The van der Waals surface area contributed by atoms with Gasteiger partial charge in [-0.1, -0.05) is 5.10 Å². The summed E-state index contributed by atoms with van der Waals surface area (Å²) < 4.78 is 44.5. The quantitative estimate of drug-likeness (QED) is 0.785. The van der Waals surface area contributed by atoms with Gasteiger partial charge in [0.15, 0.2) is 0 Å². The number of pyridine rings is 1. The molecule has 0 aliphatic rings. The smallest absolute Gasteiger partial charge is 0.408 e. The molecule has 0 fully saturated rings. The summed E-state index contributed by atoms with van der Waals surface area (Å²) in [5, 5.41) is 9.42. The van der Waals surface area contributed by atoms with Crippen LogP contribution in [0.15, 0.2) is 28.9 Å². The summed E-state index contributed by atoms with van der Waals surface area (Å²) in [6.07, 6.45) is -2.25. The molecule has 1 amide bonds. The molecule has 0 aliphatic carbocycles. The van der Waals surface area contributed by atoms with E-state index in [1.54, 1.807) is 0 Å². The molecule has 3 rings (SSSR count). The molecule has 0 radical (unpaired) electrons. The standard InChI is InChI=1S/C12H8F3N5O2/c1-6-18-19-11(22-6)17-10(21)7-2-3-8(12(13,14)15)20-5-4-16-9(7)20/h2-5H,1H3,(H,17,19,21). The van der Waals surface area contributed by atoms with Crippen LogP contribution in [0, 0.1) is 6.92 Å². The van der Waals surface area contributed by atoms with Crippen molar-refractivity contribution in [1.29, 1.82) is 0 Å². The van der Waals surface area contributed by atoms with E-state index in [-0.39, 0.29) is 23.1 Å². The number of hydrogen-bond acceptors (Lipinski definition) is 5. The Labute approximate surface area is 120 Å². The zero-order valence-electron chi connectivity index (χ0n) is 11.0. The zero-order valence-corrected chi connectivity index (χ0v) is 11.0. The third kappa shape index (κ3) is 2.38. The summed E-state index contributed by atoms with van der Waals surface area (Å²) in [5.74, 6) is -0.456. The number of rotatable bonds is 2. The number of nitrogens with one attached hydrogen (secondary N) is 1. The highest BCUT2D eigenvalue weighted by molar-refractivity contribution is 6.07. The molecular formula is C12H8F3N5O2. The van der Waals surface area contributed by atoms with E-state index < -0.39 is 17.8 Å². The second kappa shape index (κ2) is 4.83. The van der Waals surface area contributed by atoms with Crippen molar-refractivity contribution in [3.8, 4) is 0 Å². The van der Waals surface area contributed by atoms with Gasteiger partial charge in [0, 0.05) is 19.3 Å². The number of anilines is 1. The molecular weight excluding hydrogens is 303 g/mol. The number of carbonyl (C=O) groups excluding carboxylic acids is 1. The minimum Gasteiger partial charge on any atom is -0.408 e. The van der Waals surface area contributed by atoms with Crippen LogP contribution in [0.2, 0.25) is 0 Å². The fraction of sp³-hybridized carbons (Fsp3) is 0.167. The molecule has 10 heteroatoms. The monoisotopic (exact) mass is 311 g/mol. The third-order valence-corrected chi connectivity index (χ3v) is 2.83. The molecule has 0 aliphatic heterocycles. The fourth-order valence-electron chi connectivity index (χ4n) is 1.93. The van der Waals surface area contributed by atoms with Crippen molar-refractivity contribution < 1.29 is 22.4 Å². The Balaban J connectivity index is 2.01. The van der Waals surface area contributed by atoms with Crippen molar-refractivity contribution in [2.45, 2.75) is 13.1 Å². The summed E-state index contributed by atoms with van der Waals surface area (Å²) in [6, 6.07) is 1.71. The van der Waals surface area contributed by atoms with E-state index in [2.05, 4.69) is 20.5 Å². The number of aryl methyl sites for hydroxylation is 1. The molecule has 0 bridgehead atoms. The number of alkyl halides is 3. The lowest BCUT2D eigenvalue weighted by Crippen LogP contribution is -2.17. The van der Waals surface area contributed by atoms with Crippen LogP contribution in [0.25, 0.3) is 5.65 Å². The SMILES string of the molecule is Cc1nnc(NC(=O)c2ccc(C(F)(F)F)n3ccnc23)o1. The molecule has 0 atom stereocenters. The van der Waals surface area contributed by atoms with E-state index in [1.165, 1.54) is 13.1 Å². The number of hydrogen-bond donors (Lipinski definition) is 1. The Kier molecular flexibility index (Phi) is 3.08. The molecule has 114 valence electrons. The lowest BCUT2D eigenvalue weighted by molar-refractivity contribution is -0.142. The normalized spacial score (nSPS) is 11.8. The Hall–Kier alpha value is -2.91. The first-order valence-electron chi connectivity index (χ1n) is 6.01. The maximum atomic E-state index is 12.9. The second-order valence-corrected chi connectivity index (χ2v) is 4.33. The van der Waals surface area contributed by atoms with Crippen molar-refractivity contribution in [2.75, 3.05) is 5.32 Å². The molecule has 0 aromatic carbocycles. The van der Waals surface area contributed by atoms with Gasteiger partial charge in [-0.3, -0.25) is 14.5 Å². The predicted molar refractivity (Wildman–Crippen MR) is 67.2 cm³/mol. The summed E-state index contributed by atoms with van der Waals surface area (Å²) in [5.41, 5.74) is -1.09. The zero-order chi connectivity index (χ0) is 15.9. The largest absolute Gasteiger partial charge is 0.431 e. The molecule has 3 aromatic rings. The number of halogens is 3. The van der Waals surface area contributed by atoms with E-state index in [0.717, 1.165) is 22.7 Å². The Bertz CT molecular complexity index is 852. The topological polar surface area (TPSA) is 85.3 Å². The summed E-state index contributed by atoms with van der Waals surface area (Å²) in [4.78, 5) is 15.9. The van der Waals surface area contributed by atoms with Crippen molar-refractivity contribution in [1.82, 2.24) is 19.6 Å². The average Bonchev–Trinajstić information content (AvgIpc) is 3.05. The molecule has 7 nitrogen and oxygen atoms in total. The van der Waals surface area contributed by atoms with Crippen LogP contribution < -0.4 is 5.32 Å². The van der Waals surface area contributed by atoms with Gasteiger partial charge in [-0.05, 0) is 12.1 Å². The van der Waals surface area contributed by atoms with Crippen LogP contribution in [0.3, 0.4) is 0 Å². The molecule has 3 heterocycles.